The molecule has 2 heterocycles. The molecule has 0 bridgehead atoms. The maximum absolute atomic E-state index is 12.8. The van der Waals surface area contributed by atoms with Gasteiger partial charge in [0, 0.05) is 25.1 Å². The smallest absolute Gasteiger partial charge is 0.234 e. The third-order valence-corrected chi connectivity index (χ3v) is 6.23. The number of para-hydroxylation sites is 1. The van der Waals surface area contributed by atoms with Crippen LogP contribution >= 0.6 is 0 Å². The summed E-state index contributed by atoms with van der Waals surface area (Å²) in [4.78, 5) is 17.4. The van der Waals surface area contributed by atoms with Crippen molar-refractivity contribution in [2.75, 3.05) is 39.8 Å². The average molecular weight is 357 g/mol. The fourth-order valence-corrected chi connectivity index (χ4v) is 4.77. The van der Waals surface area contributed by atoms with E-state index >= 15 is 0 Å². The van der Waals surface area contributed by atoms with E-state index < -0.39 is 0 Å². The van der Waals surface area contributed by atoms with Gasteiger partial charge in [0.1, 0.15) is 11.4 Å². The Morgan fingerprint density at radius 2 is 1.96 bits per heavy atom. The molecule has 1 spiro atoms. The summed E-state index contributed by atoms with van der Waals surface area (Å²) in [6, 6.07) is 8.29. The SMILES string of the molecule is CN1CCCN(CC(=O)N[C@@H]2CC3(CCCC3)Oc3ccccc32)CC1. The molecule has 1 N–H and O–H groups in total. The number of hydrogen-bond donors (Lipinski definition) is 1. The van der Waals surface area contributed by atoms with Gasteiger partial charge in [0.05, 0.1) is 12.6 Å². The van der Waals surface area contributed by atoms with Crippen molar-refractivity contribution in [3.63, 3.8) is 0 Å². The molecule has 1 saturated heterocycles. The second-order valence-corrected chi connectivity index (χ2v) is 8.29. The number of rotatable bonds is 3. The Morgan fingerprint density at radius 3 is 2.81 bits per heavy atom. The molecule has 0 unspecified atom stereocenters. The minimum absolute atomic E-state index is 0.0696. The molecular formula is C21H31N3O2. The van der Waals surface area contributed by atoms with Gasteiger partial charge in [-0.25, -0.2) is 0 Å². The van der Waals surface area contributed by atoms with Crippen LogP contribution in [0.25, 0.3) is 0 Å². The van der Waals surface area contributed by atoms with Crippen LogP contribution in [0.3, 0.4) is 0 Å². The van der Waals surface area contributed by atoms with E-state index in [0.29, 0.717) is 6.54 Å². The Labute approximate surface area is 156 Å². The molecule has 0 radical (unpaired) electrons. The monoisotopic (exact) mass is 357 g/mol. The van der Waals surface area contributed by atoms with Crippen LogP contribution in [0.2, 0.25) is 0 Å². The van der Waals surface area contributed by atoms with E-state index in [4.69, 9.17) is 4.74 Å². The Bertz CT molecular complexity index is 642. The van der Waals surface area contributed by atoms with Crippen molar-refractivity contribution in [1.82, 2.24) is 15.1 Å². The first-order chi connectivity index (χ1) is 12.6. The zero-order chi connectivity index (χ0) is 18.0. The third-order valence-electron chi connectivity index (χ3n) is 6.23. The molecule has 1 aromatic carbocycles. The maximum atomic E-state index is 12.8. The number of nitrogens with zero attached hydrogens (tertiary/aromatic N) is 2. The van der Waals surface area contributed by atoms with Gasteiger partial charge in [-0.1, -0.05) is 18.2 Å². The number of carbonyl (C=O) groups is 1. The quantitative estimate of drug-likeness (QED) is 0.903. The van der Waals surface area contributed by atoms with Gasteiger partial charge < -0.3 is 15.0 Å². The van der Waals surface area contributed by atoms with Crippen molar-refractivity contribution in [2.45, 2.75) is 50.2 Å². The second kappa shape index (κ2) is 7.57. The van der Waals surface area contributed by atoms with Crippen molar-refractivity contribution in [1.29, 1.82) is 0 Å². The molecule has 1 saturated carbocycles. The van der Waals surface area contributed by atoms with Gasteiger partial charge >= 0.3 is 0 Å². The fraction of sp³-hybridized carbons (Fsp3) is 0.667. The summed E-state index contributed by atoms with van der Waals surface area (Å²) in [5.41, 5.74) is 1.06. The molecule has 5 heteroatoms. The summed E-state index contributed by atoms with van der Waals surface area (Å²) in [5, 5.41) is 3.33. The van der Waals surface area contributed by atoms with Gasteiger partial charge in [0.15, 0.2) is 0 Å². The van der Waals surface area contributed by atoms with Crippen LogP contribution in [0.1, 0.15) is 50.1 Å². The Kier molecular flexibility index (Phi) is 5.18. The van der Waals surface area contributed by atoms with Crippen LogP contribution in [-0.2, 0) is 4.79 Å². The van der Waals surface area contributed by atoms with Crippen molar-refractivity contribution >= 4 is 5.91 Å². The number of carbonyl (C=O) groups excluding carboxylic acids is 1. The normalized spacial score (nSPS) is 26.1. The molecule has 2 fully saturated rings. The van der Waals surface area contributed by atoms with Gasteiger partial charge in [-0.05, 0) is 58.3 Å². The minimum Gasteiger partial charge on any atom is -0.487 e. The van der Waals surface area contributed by atoms with Crippen molar-refractivity contribution < 1.29 is 9.53 Å². The van der Waals surface area contributed by atoms with Gasteiger partial charge in [-0.2, -0.15) is 0 Å². The zero-order valence-corrected chi connectivity index (χ0v) is 15.9. The first-order valence-electron chi connectivity index (χ1n) is 10.1. The standard InChI is InChI=1S/C21H31N3O2/c1-23-11-6-12-24(14-13-23)16-20(25)22-18-15-21(9-4-5-10-21)26-19-8-3-2-7-17(18)19/h2-3,7-8,18H,4-6,9-16H2,1H3,(H,22,25)/t18-/m1/s1. The second-order valence-electron chi connectivity index (χ2n) is 8.29. The molecule has 5 nitrogen and oxygen atoms in total. The van der Waals surface area contributed by atoms with E-state index in [2.05, 4.69) is 34.3 Å². The molecule has 0 aromatic heterocycles. The molecule has 1 aromatic rings. The summed E-state index contributed by atoms with van der Waals surface area (Å²) in [6.07, 6.45) is 6.69. The predicted octanol–water partition coefficient (Wildman–Crippen LogP) is 2.58. The predicted molar refractivity (Wildman–Crippen MR) is 102 cm³/mol. The molecule has 4 rings (SSSR count). The van der Waals surface area contributed by atoms with Gasteiger partial charge in [0.2, 0.25) is 5.91 Å². The number of fused-ring (bicyclic) bond motifs is 1. The van der Waals surface area contributed by atoms with Crippen LogP contribution in [0.4, 0.5) is 0 Å². The highest BCUT2D eigenvalue weighted by Crippen LogP contribution is 2.46. The van der Waals surface area contributed by atoms with E-state index in [1.165, 1.54) is 12.8 Å². The largest absolute Gasteiger partial charge is 0.487 e. The summed E-state index contributed by atoms with van der Waals surface area (Å²) in [6.45, 7) is 4.63. The van der Waals surface area contributed by atoms with Gasteiger partial charge in [-0.3, -0.25) is 9.69 Å². The lowest BCUT2D eigenvalue weighted by atomic mass is 9.86. The van der Waals surface area contributed by atoms with Crippen LogP contribution in [-0.4, -0.2) is 61.1 Å². The van der Waals surface area contributed by atoms with Crippen LogP contribution in [0.5, 0.6) is 5.75 Å². The van der Waals surface area contributed by atoms with Crippen LogP contribution in [0, 0.1) is 0 Å². The van der Waals surface area contributed by atoms with E-state index in [-0.39, 0.29) is 17.6 Å². The van der Waals surface area contributed by atoms with E-state index in [1.54, 1.807) is 0 Å². The Balaban J connectivity index is 1.43. The van der Waals surface area contributed by atoms with E-state index in [0.717, 1.165) is 63.2 Å². The number of likely N-dealkylation sites (N-methyl/N-ethyl adjacent to an activating group) is 1. The van der Waals surface area contributed by atoms with Crippen LogP contribution in [0.15, 0.2) is 24.3 Å². The molecule has 142 valence electrons. The zero-order valence-electron chi connectivity index (χ0n) is 15.9. The lowest BCUT2D eigenvalue weighted by molar-refractivity contribution is -0.123. The van der Waals surface area contributed by atoms with Crippen molar-refractivity contribution in [3.05, 3.63) is 29.8 Å². The summed E-state index contributed by atoms with van der Waals surface area (Å²) in [7, 11) is 2.16. The number of hydrogen-bond acceptors (Lipinski definition) is 4. The molecule has 1 atom stereocenters. The first-order valence-corrected chi connectivity index (χ1v) is 10.1. The fourth-order valence-electron chi connectivity index (χ4n) is 4.77. The van der Waals surface area contributed by atoms with Gasteiger partial charge in [0.25, 0.3) is 0 Å². The average Bonchev–Trinajstić information content (AvgIpc) is 2.96. The van der Waals surface area contributed by atoms with Gasteiger partial charge in [-0.15, -0.1) is 0 Å². The highest BCUT2D eigenvalue weighted by Gasteiger charge is 2.43. The Hall–Kier alpha value is -1.59. The number of amides is 1. The number of ether oxygens (including phenoxy) is 1. The molecule has 1 amide bonds. The summed E-state index contributed by atoms with van der Waals surface area (Å²) < 4.78 is 6.40. The molecular weight excluding hydrogens is 326 g/mol. The number of nitrogens with one attached hydrogen (secondary N) is 1. The summed E-state index contributed by atoms with van der Waals surface area (Å²) >= 11 is 0. The topological polar surface area (TPSA) is 44.8 Å². The van der Waals surface area contributed by atoms with Crippen molar-refractivity contribution in [2.24, 2.45) is 0 Å². The lowest BCUT2D eigenvalue weighted by Crippen LogP contribution is -2.46. The van der Waals surface area contributed by atoms with Crippen molar-refractivity contribution in [3.8, 4) is 5.75 Å². The molecule has 1 aliphatic carbocycles. The maximum Gasteiger partial charge on any atom is 0.234 e. The lowest BCUT2D eigenvalue weighted by Gasteiger charge is -2.40. The summed E-state index contributed by atoms with van der Waals surface area (Å²) in [5.74, 6) is 1.10. The molecule has 26 heavy (non-hydrogen) atoms. The highest BCUT2D eigenvalue weighted by atomic mass is 16.5. The Morgan fingerprint density at radius 1 is 1.15 bits per heavy atom. The minimum atomic E-state index is -0.0718. The van der Waals surface area contributed by atoms with Crippen LogP contribution < -0.4 is 10.1 Å². The third kappa shape index (κ3) is 3.89. The number of benzene rings is 1. The first kappa shape index (κ1) is 17.8. The van der Waals surface area contributed by atoms with E-state index in [9.17, 15) is 4.79 Å². The molecule has 3 aliphatic rings. The van der Waals surface area contributed by atoms with E-state index in [1.807, 2.05) is 12.1 Å². The highest BCUT2D eigenvalue weighted by molar-refractivity contribution is 5.78. The molecule has 2 aliphatic heterocycles.